The summed E-state index contributed by atoms with van der Waals surface area (Å²) < 4.78 is 10.6. The number of piperidine rings is 1. The van der Waals surface area contributed by atoms with E-state index in [0.29, 0.717) is 13.0 Å². The second-order valence-electron chi connectivity index (χ2n) is 6.18. The lowest BCUT2D eigenvalue weighted by Gasteiger charge is -2.53. The minimum atomic E-state index is -1.47. The molecule has 1 spiro atoms. The Hall–Kier alpha value is -1.66. The predicted molar refractivity (Wildman–Crippen MR) is 70.8 cm³/mol. The summed E-state index contributed by atoms with van der Waals surface area (Å²) in [5.74, 6) is -2.37. The van der Waals surface area contributed by atoms with Crippen LogP contribution in [-0.2, 0) is 19.1 Å². The highest BCUT2D eigenvalue weighted by Gasteiger charge is 2.67. The maximum Gasteiger partial charge on any atom is 0.308 e. The molecule has 2 saturated heterocycles. The van der Waals surface area contributed by atoms with Crippen molar-refractivity contribution in [1.82, 2.24) is 4.90 Å². The highest BCUT2D eigenvalue weighted by atomic mass is 16.7. The van der Waals surface area contributed by atoms with Gasteiger partial charge >= 0.3 is 5.97 Å². The van der Waals surface area contributed by atoms with Gasteiger partial charge in [0.1, 0.15) is 0 Å². The summed E-state index contributed by atoms with van der Waals surface area (Å²) in [5, 5.41) is 10.7. The molecule has 6 nitrogen and oxygen atoms in total. The molecule has 0 bridgehead atoms. The van der Waals surface area contributed by atoms with E-state index in [1.165, 1.54) is 0 Å². The first kappa shape index (κ1) is 13.0. The number of amides is 1. The second-order valence-corrected chi connectivity index (χ2v) is 6.18. The minimum Gasteiger partial charge on any atom is -0.433 e. The maximum absolute atomic E-state index is 12.3. The summed E-state index contributed by atoms with van der Waals surface area (Å²) in [6, 6.07) is 0. The molecular formula is C15H17NO5. The molecule has 0 radical (unpaired) electrons. The Morgan fingerprint density at radius 3 is 3.05 bits per heavy atom. The first-order valence-electron chi connectivity index (χ1n) is 7.18. The first-order chi connectivity index (χ1) is 9.99. The van der Waals surface area contributed by atoms with Gasteiger partial charge < -0.3 is 19.5 Å². The molecule has 4 atom stereocenters. The number of aliphatic hydroxyl groups is 1. The monoisotopic (exact) mass is 291 g/mol. The molecule has 0 aromatic rings. The second kappa shape index (κ2) is 3.96. The molecule has 3 heterocycles. The summed E-state index contributed by atoms with van der Waals surface area (Å²) >= 11 is 0. The average Bonchev–Trinajstić information content (AvgIpc) is 2.91. The lowest BCUT2D eigenvalue weighted by atomic mass is 9.65. The van der Waals surface area contributed by atoms with Crippen molar-refractivity contribution < 1.29 is 24.2 Å². The quantitative estimate of drug-likeness (QED) is 0.695. The molecule has 3 aliphatic heterocycles. The van der Waals surface area contributed by atoms with Gasteiger partial charge in [-0.25, -0.2) is 0 Å². The van der Waals surface area contributed by atoms with Crippen LogP contribution in [0.25, 0.3) is 0 Å². The van der Waals surface area contributed by atoms with Crippen LogP contribution in [0.2, 0.25) is 0 Å². The summed E-state index contributed by atoms with van der Waals surface area (Å²) in [7, 11) is 1.62. The number of nitrogens with zero attached hydrogens (tertiary/aromatic N) is 1. The standard InChI is InChI=1S/C15H17NO5/c1-20-10-3-2-9-6-12(17)16-5-4-15(19)11(7-13(18)21-15)14(9,16)8-10/h2-3,6,10-11,19H,4-5,7-8H2,1H3/t10-,11+,14-,15-/m0/s1. The Morgan fingerprint density at radius 1 is 1.48 bits per heavy atom. The molecular weight excluding hydrogens is 274 g/mol. The van der Waals surface area contributed by atoms with Gasteiger partial charge in [0.15, 0.2) is 0 Å². The highest BCUT2D eigenvalue weighted by Crippen LogP contribution is 2.56. The van der Waals surface area contributed by atoms with Crippen molar-refractivity contribution in [2.24, 2.45) is 5.92 Å². The fraction of sp³-hybridized carbons (Fsp3) is 0.600. The van der Waals surface area contributed by atoms with Gasteiger partial charge in [0.25, 0.3) is 0 Å². The van der Waals surface area contributed by atoms with E-state index in [0.717, 1.165) is 5.57 Å². The molecule has 6 heteroatoms. The van der Waals surface area contributed by atoms with Crippen LogP contribution in [0.1, 0.15) is 19.3 Å². The van der Waals surface area contributed by atoms with E-state index in [-0.39, 0.29) is 24.9 Å². The molecule has 21 heavy (non-hydrogen) atoms. The van der Waals surface area contributed by atoms with Crippen molar-refractivity contribution in [3.63, 3.8) is 0 Å². The van der Waals surface area contributed by atoms with Gasteiger partial charge in [0.05, 0.1) is 24.0 Å². The zero-order valence-electron chi connectivity index (χ0n) is 11.7. The molecule has 1 aliphatic carbocycles. The molecule has 0 aromatic carbocycles. The summed E-state index contributed by atoms with van der Waals surface area (Å²) in [6.07, 6.45) is 6.19. The van der Waals surface area contributed by atoms with Gasteiger partial charge in [-0.05, 0) is 5.57 Å². The number of carbonyl (C=O) groups is 2. The van der Waals surface area contributed by atoms with Crippen LogP contribution in [-0.4, -0.2) is 53.0 Å². The van der Waals surface area contributed by atoms with E-state index < -0.39 is 23.2 Å². The number of esters is 1. The maximum atomic E-state index is 12.3. The summed E-state index contributed by atoms with van der Waals surface area (Å²) in [6.45, 7) is 0.378. The molecule has 112 valence electrons. The highest BCUT2D eigenvalue weighted by molar-refractivity contribution is 5.94. The topological polar surface area (TPSA) is 76.1 Å². The number of hydrogen-bond acceptors (Lipinski definition) is 5. The van der Waals surface area contributed by atoms with Crippen LogP contribution in [0.4, 0.5) is 0 Å². The molecule has 2 fully saturated rings. The number of hydrogen-bond donors (Lipinski definition) is 1. The molecule has 1 N–H and O–H groups in total. The lowest BCUT2D eigenvalue weighted by molar-refractivity contribution is -0.236. The van der Waals surface area contributed by atoms with Crippen molar-refractivity contribution in [2.75, 3.05) is 13.7 Å². The first-order valence-corrected chi connectivity index (χ1v) is 7.18. The van der Waals surface area contributed by atoms with Crippen LogP contribution in [0.15, 0.2) is 23.8 Å². The number of ether oxygens (including phenoxy) is 2. The number of fused-ring (bicyclic) bond motifs is 1. The van der Waals surface area contributed by atoms with Crippen LogP contribution < -0.4 is 0 Å². The van der Waals surface area contributed by atoms with Gasteiger partial charge in [-0.2, -0.15) is 0 Å². The van der Waals surface area contributed by atoms with Crippen molar-refractivity contribution in [3.05, 3.63) is 23.8 Å². The third-order valence-electron chi connectivity index (χ3n) is 5.31. The van der Waals surface area contributed by atoms with E-state index in [4.69, 9.17) is 9.47 Å². The van der Waals surface area contributed by atoms with Crippen molar-refractivity contribution >= 4 is 11.9 Å². The van der Waals surface area contributed by atoms with Crippen LogP contribution in [0.3, 0.4) is 0 Å². The zero-order valence-corrected chi connectivity index (χ0v) is 11.7. The van der Waals surface area contributed by atoms with Gasteiger partial charge in [-0.3, -0.25) is 9.59 Å². The van der Waals surface area contributed by atoms with Crippen LogP contribution in [0, 0.1) is 5.92 Å². The largest absolute Gasteiger partial charge is 0.433 e. The molecule has 1 amide bonds. The summed E-state index contributed by atoms with van der Waals surface area (Å²) in [4.78, 5) is 25.8. The Balaban J connectivity index is 1.86. The minimum absolute atomic E-state index is 0.0622. The number of methoxy groups -OCH3 is 1. The predicted octanol–water partition coefficient (Wildman–Crippen LogP) is 0.124. The van der Waals surface area contributed by atoms with Crippen LogP contribution in [0.5, 0.6) is 0 Å². The van der Waals surface area contributed by atoms with E-state index in [2.05, 4.69) is 0 Å². The van der Waals surface area contributed by atoms with Gasteiger partial charge in [0, 0.05) is 32.6 Å². The van der Waals surface area contributed by atoms with E-state index in [9.17, 15) is 14.7 Å². The Morgan fingerprint density at radius 2 is 2.29 bits per heavy atom. The smallest absolute Gasteiger partial charge is 0.308 e. The molecule has 4 rings (SSSR count). The number of rotatable bonds is 1. The lowest BCUT2D eigenvalue weighted by Crippen LogP contribution is -2.65. The molecule has 0 aromatic heterocycles. The number of carbonyl (C=O) groups excluding carboxylic acids is 2. The van der Waals surface area contributed by atoms with Crippen molar-refractivity contribution in [3.8, 4) is 0 Å². The van der Waals surface area contributed by atoms with Gasteiger partial charge in [-0.15, -0.1) is 0 Å². The fourth-order valence-electron chi connectivity index (χ4n) is 4.37. The Kier molecular flexibility index (Phi) is 2.45. The van der Waals surface area contributed by atoms with Crippen molar-refractivity contribution in [2.45, 2.75) is 36.7 Å². The van der Waals surface area contributed by atoms with E-state index in [1.54, 1.807) is 18.1 Å². The average molecular weight is 291 g/mol. The SMILES string of the molecule is CO[C@H]1C=CC2=CC(=O)N3CC[C@]4(O)OC(=O)C[C@@H]4[C@]23C1. The van der Waals surface area contributed by atoms with Gasteiger partial charge in [-0.1, -0.05) is 12.2 Å². The van der Waals surface area contributed by atoms with Gasteiger partial charge in [0.2, 0.25) is 11.7 Å². The fourth-order valence-corrected chi connectivity index (χ4v) is 4.37. The third-order valence-corrected chi connectivity index (χ3v) is 5.31. The Bertz CT molecular complexity index is 597. The summed E-state index contributed by atoms with van der Waals surface area (Å²) in [5.41, 5.74) is 0.160. The normalized spacial score (nSPS) is 44.1. The van der Waals surface area contributed by atoms with Crippen LogP contribution >= 0.6 is 0 Å². The third kappa shape index (κ3) is 1.49. The van der Waals surface area contributed by atoms with E-state index >= 15 is 0 Å². The molecule has 0 unspecified atom stereocenters. The van der Waals surface area contributed by atoms with Crippen molar-refractivity contribution in [1.29, 1.82) is 0 Å². The Labute approximate surface area is 122 Å². The molecule has 0 saturated carbocycles. The van der Waals surface area contributed by atoms with E-state index in [1.807, 2.05) is 12.2 Å². The zero-order chi connectivity index (χ0) is 14.8. The molecule has 4 aliphatic rings.